The average molecular weight is 300 g/mol. The minimum absolute atomic E-state index is 0.0774. The second-order valence-electron chi connectivity index (χ2n) is 4.91. The molecule has 0 fully saturated rings. The molecule has 4 nitrogen and oxygen atoms in total. The van der Waals surface area contributed by atoms with E-state index in [4.69, 9.17) is 16.3 Å². The third-order valence-corrected chi connectivity index (χ3v) is 3.66. The van der Waals surface area contributed by atoms with Gasteiger partial charge in [-0.05, 0) is 43.5 Å². The Morgan fingerprint density at radius 3 is 2.60 bits per heavy atom. The molecule has 0 spiro atoms. The second kappa shape index (κ2) is 7.50. The molecule has 112 valence electrons. The van der Waals surface area contributed by atoms with E-state index in [9.17, 15) is 9.90 Å². The van der Waals surface area contributed by atoms with Gasteiger partial charge in [0.15, 0.2) is 6.61 Å². The first-order chi connectivity index (χ1) is 9.40. The number of hydrogen-bond acceptors (Lipinski definition) is 3. The molecule has 0 aliphatic heterocycles. The summed E-state index contributed by atoms with van der Waals surface area (Å²) in [6.45, 7) is 5.81. The summed E-state index contributed by atoms with van der Waals surface area (Å²) in [5, 5.41) is 13.4. The lowest BCUT2D eigenvalue weighted by molar-refractivity contribution is -0.124. The molecule has 1 aromatic carbocycles. The van der Waals surface area contributed by atoms with Crippen LogP contribution in [0.15, 0.2) is 18.2 Å². The standard InChI is InChI=1S/C15H22ClNO3/c1-4-15(19,5-2)10-17-14(18)9-20-13-7-6-12(16)8-11(13)3/h6-8,19H,4-5,9-10H2,1-3H3,(H,17,18). The molecule has 0 radical (unpaired) electrons. The molecule has 0 saturated carbocycles. The Hall–Kier alpha value is -1.26. The first-order valence-electron chi connectivity index (χ1n) is 6.78. The van der Waals surface area contributed by atoms with Crippen LogP contribution >= 0.6 is 11.6 Å². The number of aliphatic hydroxyl groups is 1. The van der Waals surface area contributed by atoms with E-state index in [0.29, 0.717) is 23.6 Å². The molecule has 0 aromatic heterocycles. The van der Waals surface area contributed by atoms with Crippen molar-refractivity contribution in [2.24, 2.45) is 0 Å². The fraction of sp³-hybridized carbons (Fsp3) is 0.533. The normalized spacial score (nSPS) is 11.2. The number of aryl methyl sites for hydroxylation is 1. The van der Waals surface area contributed by atoms with Crippen molar-refractivity contribution in [3.8, 4) is 5.75 Å². The molecule has 0 saturated heterocycles. The van der Waals surface area contributed by atoms with Gasteiger partial charge in [-0.3, -0.25) is 4.79 Å². The minimum Gasteiger partial charge on any atom is -0.484 e. The SMILES string of the molecule is CCC(O)(CC)CNC(=O)COc1ccc(Cl)cc1C. The van der Waals surface area contributed by atoms with E-state index in [1.807, 2.05) is 20.8 Å². The van der Waals surface area contributed by atoms with E-state index in [-0.39, 0.29) is 19.1 Å². The van der Waals surface area contributed by atoms with Gasteiger partial charge < -0.3 is 15.2 Å². The maximum absolute atomic E-state index is 11.7. The van der Waals surface area contributed by atoms with E-state index >= 15 is 0 Å². The second-order valence-corrected chi connectivity index (χ2v) is 5.34. The van der Waals surface area contributed by atoms with Gasteiger partial charge in [-0.1, -0.05) is 25.4 Å². The van der Waals surface area contributed by atoms with Crippen molar-refractivity contribution in [1.29, 1.82) is 0 Å². The lowest BCUT2D eigenvalue weighted by atomic mass is 9.98. The quantitative estimate of drug-likeness (QED) is 0.814. The summed E-state index contributed by atoms with van der Waals surface area (Å²) >= 11 is 5.85. The zero-order valence-electron chi connectivity index (χ0n) is 12.2. The molecule has 0 bridgehead atoms. The van der Waals surface area contributed by atoms with Gasteiger partial charge >= 0.3 is 0 Å². The molecular formula is C15H22ClNO3. The van der Waals surface area contributed by atoms with Crippen LogP contribution in [-0.2, 0) is 4.79 Å². The zero-order chi connectivity index (χ0) is 15.2. The van der Waals surface area contributed by atoms with Crippen LogP contribution in [0.1, 0.15) is 32.3 Å². The summed E-state index contributed by atoms with van der Waals surface area (Å²) in [5.41, 5.74) is 0.0372. The number of benzene rings is 1. The molecule has 0 aliphatic rings. The summed E-state index contributed by atoms with van der Waals surface area (Å²) < 4.78 is 5.43. The van der Waals surface area contributed by atoms with Crippen LogP contribution in [0.25, 0.3) is 0 Å². The number of rotatable bonds is 7. The number of amides is 1. The van der Waals surface area contributed by atoms with Gasteiger partial charge in [0.1, 0.15) is 5.75 Å². The van der Waals surface area contributed by atoms with Crippen LogP contribution < -0.4 is 10.1 Å². The zero-order valence-corrected chi connectivity index (χ0v) is 13.0. The Labute approximate surface area is 125 Å². The van der Waals surface area contributed by atoms with Crippen molar-refractivity contribution in [3.05, 3.63) is 28.8 Å². The number of ether oxygens (including phenoxy) is 1. The van der Waals surface area contributed by atoms with Gasteiger partial charge in [0.2, 0.25) is 0 Å². The first kappa shape index (κ1) is 16.8. The van der Waals surface area contributed by atoms with Crippen LogP contribution in [-0.4, -0.2) is 29.8 Å². The van der Waals surface area contributed by atoms with Crippen molar-refractivity contribution in [2.45, 2.75) is 39.2 Å². The number of carbonyl (C=O) groups excluding carboxylic acids is 1. The highest BCUT2D eigenvalue weighted by molar-refractivity contribution is 6.30. The smallest absolute Gasteiger partial charge is 0.258 e. The van der Waals surface area contributed by atoms with Crippen molar-refractivity contribution in [1.82, 2.24) is 5.32 Å². The third-order valence-electron chi connectivity index (χ3n) is 3.43. The topological polar surface area (TPSA) is 58.6 Å². The van der Waals surface area contributed by atoms with Crippen molar-refractivity contribution < 1.29 is 14.6 Å². The van der Waals surface area contributed by atoms with Gasteiger partial charge in [0.05, 0.1) is 5.60 Å². The number of carbonyl (C=O) groups is 1. The summed E-state index contributed by atoms with van der Waals surface area (Å²) in [6.07, 6.45) is 1.20. The van der Waals surface area contributed by atoms with E-state index < -0.39 is 5.60 Å². The monoisotopic (exact) mass is 299 g/mol. The molecule has 1 rings (SSSR count). The molecule has 0 heterocycles. The molecule has 0 atom stereocenters. The molecule has 1 aromatic rings. The Kier molecular flexibility index (Phi) is 6.30. The lowest BCUT2D eigenvalue weighted by Gasteiger charge is -2.25. The third kappa shape index (κ3) is 5.02. The Morgan fingerprint density at radius 2 is 2.05 bits per heavy atom. The van der Waals surface area contributed by atoms with Gasteiger partial charge in [-0.2, -0.15) is 0 Å². The Balaban J connectivity index is 2.44. The van der Waals surface area contributed by atoms with Crippen LogP contribution in [0.2, 0.25) is 5.02 Å². The molecule has 5 heteroatoms. The lowest BCUT2D eigenvalue weighted by Crippen LogP contribution is -2.43. The molecule has 1 amide bonds. The van der Waals surface area contributed by atoms with Crippen LogP contribution in [0.3, 0.4) is 0 Å². The largest absolute Gasteiger partial charge is 0.484 e. The van der Waals surface area contributed by atoms with Gasteiger partial charge in [0.25, 0.3) is 5.91 Å². The molecule has 0 aliphatic carbocycles. The van der Waals surface area contributed by atoms with E-state index in [1.165, 1.54) is 0 Å². The molecule has 20 heavy (non-hydrogen) atoms. The Bertz CT molecular complexity index is 458. The maximum atomic E-state index is 11.7. The fourth-order valence-corrected chi connectivity index (χ4v) is 1.96. The summed E-state index contributed by atoms with van der Waals surface area (Å²) in [6, 6.07) is 5.23. The maximum Gasteiger partial charge on any atom is 0.258 e. The molecular weight excluding hydrogens is 278 g/mol. The van der Waals surface area contributed by atoms with Crippen molar-refractivity contribution in [3.63, 3.8) is 0 Å². The number of nitrogens with one attached hydrogen (secondary N) is 1. The van der Waals surface area contributed by atoms with Crippen LogP contribution in [0.5, 0.6) is 5.75 Å². The predicted molar refractivity (Wildman–Crippen MR) is 80.2 cm³/mol. The highest BCUT2D eigenvalue weighted by atomic mass is 35.5. The summed E-state index contributed by atoms with van der Waals surface area (Å²) in [7, 11) is 0. The fourth-order valence-electron chi connectivity index (χ4n) is 1.73. The molecule has 0 unspecified atom stereocenters. The van der Waals surface area contributed by atoms with E-state index in [0.717, 1.165) is 5.56 Å². The minimum atomic E-state index is -0.841. The van der Waals surface area contributed by atoms with E-state index in [2.05, 4.69) is 5.32 Å². The van der Waals surface area contributed by atoms with Crippen LogP contribution in [0, 0.1) is 6.92 Å². The number of hydrogen-bond donors (Lipinski definition) is 2. The molecule has 2 N–H and O–H groups in total. The highest BCUT2D eigenvalue weighted by Gasteiger charge is 2.22. The average Bonchev–Trinajstić information content (AvgIpc) is 2.44. The van der Waals surface area contributed by atoms with Crippen molar-refractivity contribution in [2.75, 3.05) is 13.2 Å². The van der Waals surface area contributed by atoms with Gasteiger partial charge in [-0.15, -0.1) is 0 Å². The predicted octanol–water partition coefficient (Wildman–Crippen LogP) is 2.69. The van der Waals surface area contributed by atoms with Crippen molar-refractivity contribution >= 4 is 17.5 Å². The summed E-state index contributed by atoms with van der Waals surface area (Å²) in [5.74, 6) is 0.380. The first-order valence-corrected chi connectivity index (χ1v) is 7.16. The van der Waals surface area contributed by atoms with E-state index in [1.54, 1.807) is 18.2 Å². The number of halogens is 1. The van der Waals surface area contributed by atoms with Crippen LogP contribution in [0.4, 0.5) is 0 Å². The highest BCUT2D eigenvalue weighted by Crippen LogP contribution is 2.21. The van der Waals surface area contributed by atoms with Gasteiger partial charge in [-0.25, -0.2) is 0 Å². The summed E-state index contributed by atoms with van der Waals surface area (Å²) in [4.78, 5) is 11.7. The van der Waals surface area contributed by atoms with Gasteiger partial charge in [0, 0.05) is 11.6 Å². The Morgan fingerprint density at radius 1 is 1.40 bits per heavy atom.